The summed E-state index contributed by atoms with van der Waals surface area (Å²) in [5, 5.41) is 9.42. The Kier molecular flexibility index (Phi) is 4.13. The maximum atomic E-state index is 12.4. The Morgan fingerprint density at radius 2 is 2.11 bits per heavy atom. The van der Waals surface area contributed by atoms with Crippen LogP contribution in [0.4, 0.5) is 0 Å². The van der Waals surface area contributed by atoms with Gasteiger partial charge in [0.25, 0.3) is 0 Å². The van der Waals surface area contributed by atoms with E-state index in [2.05, 4.69) is 0 Å². The molecule has 0 aromatic rings. The molecule has 3 unspecified atom stereocenters. The first-order valence-corrected chi connectivity index (χ1v) is 7.26. The second-order valence-corrected chi connectivity index (χ2v) is 6.04. The van der Waals surface area contributed by atoms with Gasteiger partial charge >= 0.3 is 5.97 Å². The van der Waals surface area contributed by atoms with Crippen molar-refractivity contribution in [1.29, 1.82) is 0 Å². The summed E-state index contributed by atoms with van der Waals surface area (Å²) in [5.74, 6) is -0.489. The molecule has 5 heteroatoms. The maximum Gasteiger partial charge on any atom is 0.326 e. The van der Waals surface area contributed by atoms with Crippen molar-refractivity contribution in [3.8, 4) is 0 Å². The predicted molar refractivity (Wildman–Crippen MR) is 71.4 cm³/mol. The third-order valence-corrected chi connectivity index (χ3v) is 4.97. The largest absolute Gasteiger partial charge is 0.480 e. The summed E-state index contributed by atoms with van der Waals surface area (Å²) in [4.78, 5) is 25.5. The number of carboxylic acids is 1. The summed E-state index contributed by atoms with van der Waals surface area (Å²) in [6.07, 6.45) is 3.87. The minimum absolute atomic E-state index is 0.0855. The van der Waals surface area contributed by atoms with Gasteiger partial charge < -0.3 is 15.7 Å². The Balaban J connectivity index is 2.14. The van der Waals surface area contributed by atoms with Crippen LogP contribution in [0.15, 0.2) is 0 Å². The van der Waals surface area contributed by atoms with Crippen molar-refractivity contribution in [2.75, 3.05) is 6.54 Å². The number of fused-ring (bicyclic) bond motifs is 1. The van der Waals surface area contributed by atoms with E-state index in [1.807, 2.05) is 13.8 Å². The van der Waals surface area contributed by atoms with E-state index in [1.54, 1.807) is 0 Å². The smallest absolute Gasteiger partial charge is 0.326 e. The lowest BCUT2D eigenvalue weighted by Gasteiger charge is -2.29. The van der Waals surface area contributed by atoms with Gasteiger partial charge in [0.2, 0.25) is 5.91 Å². The number of amides is 1. The summed E-state index contributed by atoms with van der Waals surface area (Å²) >= 11 is 0. The van der Waals surface area contributed by atoms with E-state index < -0.39 is 18.1 Å². The molecule has 2 aliphatic rings. The molecule has 2 fully saturated rings. The molecule has 108 valence electrons. The average Bonchev–Trinajstić information content (AvgIpc) is 2.94. The molecule has 3 N–H and O–H groups in total. The summed E-state index contributed by atoms with van der Waals surface area (Å²) in [6, 6.07) is -1.24. The zero-order valence-electron chi connectivity index (χ0n) is 11.7. The van der Waals surface area contributed by atoms with Gasteiger partial charge in [0.15, 0.2) is 0 Å². The molecule has 1 aliphatic carbocycles. The van der Waals surface area contributed by atoms with Gasteiger partial charge in [0, 0.05) is 6.54 Å². The lowest BCUT2D eigenvalue weighted by atomic mass is 9.94. The summed E-state index contributed by atoms with van der Waals surface area (Å²) < 4.78 is 0. The van der Waals surface area contributed by atoms with Gasteiger partial charge in [-0.1, -0.05) is 26.7 Å². The molecule has 0 aromatic heterocycles. The standard InChI is InChI=1S/C14H24N2O3/c1-3-8(2)11(15)13(17)16-7-9-5-4-6-10(9)12(16)14(18)19/h8-12H,3-7,15H2,1-2H3,(H,18,19)/t8-,9?,10?,11-,12?/m0/s1. The first-order chi connectivity index (χ1) is 8.97. The average molecular weight is 268 g/mol. The zero-order valence-corrected chi connectivity index (χ0v) is 11.7. The van der Waals surface area contributed by atoms with Crippen molar-refractivity contribution < 1.29 is 14.7 Å². The first kappa shape index (κ1) is 14.3. The van der Waals surface area contributed by atoms with Gasteiger partial charge in [-0.15, -0.1) is 0 Å². The lowest BCUT2D eigenvalue weighted by Crippen LogP contribution is -2.52. The number of likely N-dealkylation sites (tertiary alicyclic amines) is 1. The summed E-state index contributed by atoms with van der Waals surface area (Å²) in [5.41, 5.74) is 5.98. The van der Waals surface area contributed by atoms with Crippen LogP contribution in [-0.4, -0.2) is 40.5 Å². The van der Waals surface area contributed by atoms with Crippen LogP contribution in [0, 0.1) is 17.8 Å². The molecular weight excluding hydrogens is 244 g/mol. The van der Waals surface area contributed by atoms with E-state index >= 15 is 0 Å². The number of aliphatic carboxylic acids is 1. The molecular formula is C14H24N2O3. The highest BCUT2D eigenvalue weighted by atomic mass is 16.4. The Morgan fingerprint density at radius 3 is 2.68 bits per heavy atom. The molecule has 19 heavy (non-hydrogen) atoms. The number of hydrogen-bond donors (Lipinski definition) is 2. The van der Waals surface area contributed by atoms with Crippen LogP contribution < -0.4 is 5.73 Å². The SMILES string of the molecule is CC[C@H](C)[C@H](N)C(=O)N1CC2CCCC2C1C(=O)O. The van der Waals surface area contributed by atoms with Gasteiger partial charge in [-0.05, 0) is 30.6 Å². The fraction of sp³-hybridized carbons (Fsp3) is 0.857. The molecule has 0 radical (unpaired) electrons. The van der Waals surface area contributed by atoms with Crippen molar-refractivity contribution in [1.82, 2.24) is 4.90 Å². The molecule has 0 spiro atoms. The Morgan fingerprint density at radius 1 is 1.42 bits per heavy atom. The van der Waals surface area contributed by atoms with Gasteiger partial charge in [0.05, 0.1) is 6.04 Å². The predicted octanol–water partition coefficient (Wildman–Crippen LogP) is 1.07. The van der Waals surface area contributed by atoms with Crippen LogP contribution in [0.25, 0.3) is 0 Å². The third-order valence-electron chi connectivity index (χ3n) is 4.97. The van der Waals surface area contributed by atoms with Gasteiger partial charge in [-0.3, -0.25) is 4.79 Å². The number of carboxylic acid groups (broad SMARTS) is 1. The van der Waals surface area contributed by atoms with Crippen molar-refractivity contribution >= 4 is 11.9 Å². The normalized spacial score (nSPS) is 33.0. The van der Waals surface area contributed by atoms with Gasteiger partial charge in [0.1, 0.15) is 6.04 Å². The monoisotopic (exact) mass is 268 g/mol. The molecule has 1 amide bonds. The fourth-order valence-electron chi connectivity index (χ4n) is 3.54. The van der Waals surface area contributed by atoms with Crippen LogP contribution in [0.3, 0.4) is 0 Å². The Labute approximate surface area is 114 Å². The number of carbonyl (C=O) groups is 2. The number of nitrogens with two attached hydrogens (primary N) is 1. The molecule has 0 aromatic carbocycles. The molecule has 1 aliphatic heterocycles. The molecule has 5 nitrogen and oxygen atoms in total. The molecule has 1 heterocycles. The second-order valence-electron chi connectivity index (χ2n) is 6.04. The zero-order chi connectivity index (χ0) is 14.2. The molecule has 5 atom stereocenters. The van der Waals surface area contributed by atoms with Gasteiger partial charge in [-0.25, -0.2) is 4.79 Å². The topological polar surface area (TPSA) is 83.6 Å². The van der Waals surface area contributed by atoms with Crippen LogP contribution in [-0.2, 0) is 9.59 Å². The number of nitrogens with zero attached hydrogens (tertiary/aromatic N) is 1. The highest BCUT2D eigenvalue weighted by Crippen LogP contribution is 2.42. The van der Waals surface area contributed by atoms with E-state index in [0.29, 0.717) is 12.5 Å². The van der Waals surface area contributed by atoms with Crippen LogP contribution in [0.5, 0.6) is 0 Å². The molecule has 1 saturated heterocycles. The van der Waals surface area contributed by atoms with E-state index in [9.17, 15) is 14.7 Å². The summed E-state index contributed by atoms with van der Waals surface area (Å²) in [6.45, 7) is 4.51. The number of hydrogen-bond acceptors (Lipinski definition) is 3. The van der Waals surface area contributed by atoms with Crippen molar-refractivity contribution in [3.63, 3.8) is 0 Å². The molecule has 2 rings (SSSR count). The number of carbonyl (C=O) groups excluding carboxylic acids is 1. The van der Waals surface area contributed by atoms with E-state index in [4.69, 9.17) is 5.73 Å². The Hall–Kier alpha value is -1.10. The van der Waals surface area contributed by atoms with Gasteiger partial charge in [-0.2, -0.15) is 0 Å². The van der Waals surface area contributed by atoms with Crippen LogP contribution in [0.2, 0.25) is 0 Å². The highest BCUT2D eigenvalue weighted by molar-refractivity contribution is 5.88. The van der Waals surface area contributed by atoms with E-state index in [-0.39, 0.29) is 17.7 Å². The van der Waals surface area contributed by atoms with Crippen LogP contribution >= 0.6 is 0 Å². The molecule has 1 saturated carbocycles. The lowest BCUT2D eigenvalue weighted by molar-refractivity contribution is -0.150. The first-order valence-electron chi connectivity index (χ1n) is 7.26. The highest BCUT2D eigenvalue weighted by Gasteiger charge is 2.50. The van der Waals surface area contributed by atoms with Crippen molar-refractivity contribution in [2.45, 2.75) is 51.6 Å². The minimum atomic E-state index is -0.876. The quantitative estimate of drug-likeness (QED) is 0.799. The van der Waals surface area contributed by atoms with E-state index in [0.717, 1.165) is 25.7 Å². The summed E-state index contributed by atoms with van der Waals surface area (Å²) in [7, 11) is 0. The molecule has 0 bridgehead atoms. The number of rotatable bonds is 4. The van der Waals surface area contributed by atoms with Crippen molar-refractivity contribution in [2.24, 2.45) is 23.5 Å². The maximum absolute atomic E-state index is 12.4. The van der Waals surface area contributed by atoms with Crippen molar-refractivity contribution in [3.05, 3.63) is 0 Å². The Bertz CT molecular complexity index is 372. The third kappa shape index (κ3) is 2.48. The fourth-order valence-corrected chi connectivity index (χ4v) is 3.54. The van der Waals surface area contributed by atoms with E-state index in [1.165, 1.54) is 4.90 Å². The minimum Gasteiger partial charge on any atom is -0.480 e. The second kappa shape index (κ2) is 5.49. The van der Waals surface area contributed by atoms with Crippen LogP contribution in [0.1, 0.15) is 39.5 Å².